The maximum Gasteiger partial charge on any atom is 0.138 e. The summed E-state index contributed by atoms with van der Waals surface area (Å²) >= 11 is 5.88. The van der Waals surface area contributed by atoms with Crippen LogP contribution in [0.5, 0.6) is 5.75 Å². The molecule has 0 spiro atoms. The molecule has 0 amide bonds. The molecule has 4 nitrogen and oxygen atoms in total. The summed E-state index contributed by atoms with van der Waals surface area (Å²) in [6, 6.07) is 15.4. The number of aromatic nitrogens is 2. The van der Waals surface area contributed by atoms with Gasteiger partial charge in [-0.2, -0.15) is 0 Å². The van der Waals surface area contributed by atoms with E-state index in [0.29, 0.717) is 18.1 Å². The Hall–Kier alpha value is -2.04. The van der Waals surface area contributed by atoms with E-state index in [-0.39, 0.29) is 0 Å². The van der Waals surface area contributed by atoms with Crippen LogP contribution in [0, 0.1) is 0 Å². The van der Waals surface area contributed by atoms with Crippen LogP contribution in [0.15, 0.2) is 48.5 Å². The Balaban J connectivity index is 1.69. The van der Waals surface area contributed by atoms with Crippen LogP contribution in [0.25, 0.3) is 11.0 Å². The van der Waals surface area contributed by atoms with E-state index in [1.54, 1.807) is 0 Å². The van der Waals surface area contributed by atoms with Crippen LogP contribution in [0.4, 0.5) is 0 Å². The molecule has 1 heterocycles. The first-order valence-corrected chi connectivity index (χ1v) is 9.08. The molecule has 0 unspecified atom stereocenters. The Labute approximate surface area is 153 Å². The quantitative estimate of drug-likeness (QED) is 0.577. The van der Waals surface area contributed by atoms with Gasteiger partial charge in [-0.15, -0.1) is 0 Å². The lowest BCUT2D eigenvalue weighted by Gasteiger charge is -2.14. The van der Waals surface area contributed by atoms with Gasteiger partial charge in [0.15, 0.2) is 0 Å². The third-order valence-electron chi connectivity index (χ3n) is 4.15. The highest BCUT2D eigenvalue weighted by Gasteiger charge is 2.17. The lowest BCUT2D eigenvalue weighted by atomic mass is 10.2. The lowest BCUT2D eigenvalue weighted by molar-refractivity contribution is 0.152. The summed E-state index contributed by atoms with van der Waals surface area (Å²) < 4.78 is 7.88. The smallest absolute Gasteiger partial charge is 0.138 e. The van der Waals surface area contributed by atoms with E-state index in [4.69, 9.17) is 16.3 Å². The number of nitrogens with zero attached hydrogens (tertiary/aromatic N) is 2. The minimum absolute atomic E-state index is 0.533. The lowest BCUT2D eigenvalue weighted by Crippen LogP contribution is -2.11. The van der Waals surface area contributed by atoms with Crippen molar-refractivity contribution >= 4 is 22.6 Å². The number of aliphatic hydroxyl groups is 1. The van der Waals surface area contributed by atoms with E-state index in [1.165, 1.54) is 0 Å². The maximum absolute atomic E-state index is 10.4. The van der Waals surface area contributed by atoms with E-state index in [0.717, 1.165) is 42.0 Å². The van der Waals surface area contributed by atoms with E-state index < -0.39 is 6.10 Å². The number of hydrogen-bond donors (Lipinski definition) is 1. The summed E-state index contributed by atoms with van der Waals surface area (Å²) in [6.07, 6.45) is 1.93. The number of rotatable bonds is 8. The number of halogens is 1. The first kappa shape index (κ1) is 17.8. The summed E-state index contributed by atoms with van der Waals surface area (Å²) in [7, 11) is 0. The summed E-state index contributed by atoms with van der Waals surface area (Å²) in [4.78, 5) is 4.64. The van der Waals surface area contributed by atoms with Crippen molar-refractivity contribution in [3.05, 3.63) is 59.4 Å². The number of hydrogen-bond acceptors (Lipinski definition) is 3. The van der Waals surface area contributed by atoms with Gasteiger partial charge in [0.25, 0.3) is 0 Å². The second kappa shape index (κ2) is 8.37. The number of benzene rings is 2. The Morgan fingerprint density at radius 2 is 1.92 bits per heavy atom. The summed E-state index contributed by atoms with van der Waals surface area (Å²) in [6.45, 7) is 3.41. The highest BCUT2D eigenvalue weighted by atomic mass is 35.5. The van der Waals surface area contributed by atoms with Gasteiger partial charge in [-0.3, -0.25) is 0 Å². The SMILES string of the molecule is CCC[C@H](O)c1nc2ccccc2n1CCCOc1ccc(Cl)cc1. The van der Waals surface area contributed by atoms with E-state index in [9.17, 15) is 5.11 Å². The number of aliphatic hydroxyl groups excluding tert-OH is 1. The van der Waals surface area contributed by atoms with Gasteiger partial charge < -0.3 is 14.4 Å². The fourth-order valence-electron chi connectivity index (χ4n) is 2.93. The molecule has 0 aliphatic carbocycles. The Morgan fingerprint density at radius 3 is 2.68 bits per heavy atom. The largest absolute Gasteiger partial charge is 0.494 e. The highest BCUT2D eigenvalue weighted by Crippen LogP contribution is 2.24. The van der Waals surface area contributed by atoms with E-state index >= 15 is 0 Å². The van der Waals surface area contributed by atoms with Gasteiger partial charge in [0.1, 0.15) is 17.7 Å². The predicted octanol–water partition coefficient (Wildman–Crippen LogP) is 4.99. The molecule has 5 heteroatoms. The molecule has 0 aliphatic heterocycles. The van der Waals surface area contributed by atoms with Crippen LogP contribution in [-0.4, -0.2) is 21.3 Å². The first-order valence-electron chi connectivity index (χ1n) is 8.70. The van der Waals surface area contributed by atoms with Gasteiger partial charge in [-0.05, 0) is 49.2 Å². The van der Waals surface area contributed by atoms with Crippen molar-refractivity contribution in [2.24, 2.45) is 0 Å². The van der Waals surface area contributed by atoms with Gasteiger partial charge in [-0.1, -0.05) is 37.1 Å². The molecule has 0 saturated heterocycles. The summed E-state index contributed by atoms with van der Waals surface area (Å²) in [5.74, 6) is 1.56. The van der Waals surface area contributed by atoms with Gasteiger partial charge in [0, 0.05) is 11.6 Å². The number of aryl methyl sites for hydroxylation is 1. The first-order chi connectivity index (χ1) is 12.2. The third kappa shape index (κ3) is 4.33. The zero-order chi connectivity index (χ0) is 17.6. The van der Waals surface area contributed by atoms with Crippen molar-refractivity contribution in [3.8, 4) is 5.75 Å². The second-order valence-corrected chi connectivity index (χ2v) is 6.51. The molecule has 1 atom stereocenters. The second-order valence-electron chi connectivity index (χ2n) is 6.07. The van der Waals surface area contributed by atoms with Crippen LogP contribution in [0.2, 0.25) is 5.02 Å². The maximum atomic E-state index is 10.4. The van der Waals surface area contributed by atoms with Crippen molar-refractivity contribution in [3.63, 3.8) is 0 Å². The van der Waals surface area contributed by atoms with E-state index in [2.05, 4.69) is 16.5 Å². The highest BCUT2D eigenvalue weighted by molar-refractivity contribution is 6.30. The normalized spacial score (nSPS) is 12.4. The van der Waals surface area contributed by atoms with Crippen LogP contribution in [-0.2, 0) is 6.54 Å². The fraction of sp³-hybridized carbons (Fsp3) is 0.350. The molecule has 1 N–H and O–H groups in total. The molecule has 3 aromatic rings. The van der Waals surface area contributed by atoms with Crippen LogP contribution in [0.3, 0.4) is 0 Å². The average Bonchev–Trinajstić information content (AvgIpc) is 2.99. The molecular formula is C20H23ClN2O2. The number of para-hydroxylation sites is 2. The molecule has 25 heavy (non-hydrogen) atoms. The number of ether oxygens (including phenoxy) is 1. The van der Waals surface area contributed by atoms with Crippen molar-refractivity contribution in [1.29, 1.82) is 0 Å². The van der Waals surface area contributed by atoms with Gasteiger partial charge >= 0.3 is 0 Å². The molecule has 2 aromatic carbocycles. The van der Waals surface area contributed by atoms with Crippen molar-refractivity contribution < 1.29 is 9.84 Å². The zero-order valence-electron chi connectivity index (χ0n) is 14.4. The topological polar surface area (TPSA) is 47.3 Å². The van der Waals surface area contributed by atoms with Gasteiger partial charge in [0.2, 0.25) is 0 Å². The number of fused-ring (bicyclic) bond motifs is 1. The molecule has 1 aromatic heterocycles. The summed E-state index contributed by atoms with van der Waals surface area (Å²) in [5, 5.41) is 11.1. The Kier molecular flexibility index (Phi) is 5.95. The molecule has 132 valence electrons. The third-order valence-corrected chi connectivity index (χ3v) is 4.40. The molecule has 0 saturated carbocycles. The molecule has 3 rings (SSSR count). The van der Waals surface area contributed by atoms with Crippen LogP contribution in [0.1, 0.15) is 38.1 Å². The predicted molar refractivity (Wildman–Crippen MR) is 101 cm³/mol. The molecule has 0 radical (unpaired) electrons. The van der Waals surface area contributed by atoms with Gasteiger partial charge in [-0.25, -0.2) is 4.98 Å². The van der Waals surface area contributed by atoms with Crippen molar-refractivity contribution in [2.45, 2.75) is 38.8 Å². The summed E-state index contributed by atoms with van der Waals surface area (Å²) in [5.41, 5.74) is 1.98. The Bertz CT molecular complexity index is 814. The van der Waals surface area contributed by atoms with Crippen LogP contribution < -0.4 is 4.74 Å². The van der Waals surface area contributed by atoms with Crippen molar-refractivity contribution in [1.82, 2.24) is 9.55 Å². The minimum atomic E-state index is -0.533. The zero-order valence-corrected chi connectivity index (χ0v) is 15.1. The van der Waals surface area contributed by atoms with E-state index in [1.807, 2.05) is 48.5 Å². The monoisotopic (exact) mass is 358 g/mol. The number of imidazole rings is 1. The fourth-order valence-corrected chi connectivity index (χ4v) is 3.06. The van der Waals surface area contributed by atoms with Crippen molar-refractivity contribution in [2.75, 3.05) is 6.61 Å². The standard InChI is InChI=1S/C20H23ClN2O2/c1-2-6-19(24)20-22-17-7-3-4-8-18(17)23(20)13-5-14-25-16-11-9-15(21)10-12-16/h3-4,7-12,19,24H,2,5-6,13-14H2,1H3/t19-/m0/s1. The Morgan fingerprint density at radius 1 is 1.16 bits per heavy atom. The molecule has 0 fully saturated rings. The average molecular weight is 359 g/mol. The molecule has 0 bridgehead atoms. The van der Waals surface area contributed by atoms with Crippen LogP contribution >= 0.6 is 11.6 Å². The molecule has 0 aliphatic rings. The molecular weight excluding hydrogens is 336 g/mol. The van der Waals surface area contributed by atoms with Gasteiger partial charge in [0.05, 0.1) is 17.6 Å². The minimum Gasteiger partial charge on any atom is -0.494 e.